The van der Waals surface area contributed by atoms with E-state index in [1.807, 2.05) is 85.3 Å². The van der Waals surface area contributed by atoms with Crippen LogP contribution in [0.25, 0.3) is 5.69 Å². The van der Waals surface area contributed by atoms with Crippen molar-refractivity contribution in [2.75, 3.05) is 0 Å². The quantitative estimate of drug-likeness (QED) is 0.400. The fourth-order valence-electron chi connectivity index (χ4n) is 3.55. The SMILES string of the molecule is Cc1nn(-c2ccccc2)c(C)c1CNC(=O)c1cccc(COc2ccccc2Cl)c1. The fraction of sp³-hybridized carbons (Fsp3) is 0.154. The van der Waals surface area contributed by atoms with Crippen molar-refractivity contribution in [3.05, 3.63) is 112 Å². The van der Waals surface area contributed by atoms with Gasteiger partial charge in [0, 0.05) is 23.4 Å². The van der Waals surface area contributed by atoms with Crippen molar-refractivity contribution in [3.8, 4) is 11.4 Å². The Hall–Kier alpha value is -3.57. The van der Waals surface area contributed by atoms with E-state index in [1.54, 1.807) is 12.1 Å². The molecule has 162 valence electrons. The molecule has 1 amide bonds. The lowest BCUT2D eigenvalue weighted by atomic mass is 10.1. The van der Waals surface area contributed by atoms with Gasteiger partial charge in [0.15, 0.2) is 0 Å². The molecule has 0 aliphatic carbocycles. The van der Waals surface area contributed by atoms with Crippen molar-refractivity contribution in [1.82, 2.24) is 15.1 Å². The maximum atomic E-state index is 12.8. The standard InChI is InChI=1S/C26H24ClN3O2/c1-18-23(19(2)30(29-18)22-11-4-3-5-12-22)16-28-26(31)21-10-8-9-20(15-21)17-32-25-14-7-6-13-24(25)27/h3-15H,16-17H2,1-2H3,(H,28,31). The second-order valence-corrected chi connectivity index (χ2v) is 7.91. The van der Waals surface area contributed by atoms with Gasteiger partial charge in [0.2, 0.25) is 0 Å². The molecule has 0 saturated carbocycles. The summed E-state index contributed by atoms with van der Waals surface area (Å²) < 4.78 is 7.69. The normalized spacial score (nSPS) is 10.7. The number of carbonyl (C=O) groups excluding carboxylic acids is 1. The van der Waals surface area contributed by atoms with E-state index in [0.29, 0.717) is 29.5 Å². The molecular formula is C26H24ClN3O2. The minimum Gasteiger partial charge on any atom is -0.487 e. The molecule has 0 atom stereocenters. The first-order valence-corrected chi connectivity index (χ1v) is 10.8. The third kappa shape index (κ3) is 4.84. The van der Waals surface area contributed by atoms with Crippen LogP contribution in [0.4, 0.5) is 0 Å². The average molecular weight is 446 g/mol. The van der Waals surface area contributed by atoms with Crippen molar-refractivity contribution in [2.45, 2.75) is 27.0 Å². The number of nitrogens with one attached hydrogen (secondary N) is 1. The van der Waals surface area contributed by atoms with Gasteiger partial charge in [-0.05, 0) is 55.8 Å². The molecule has 3 aromatic carbocycles. The van der Waals surface area contributed by atoms with E-state index in [1.165, 1.54) is 0 Å². The van der Waals surface area contributed by atoms with E-state index in [9.17, 15) is 4.79 Å². The molecule has 5 nitrogen and oxygen atoms in total. The van der Waals surface area contributed by atoms with Gasteiger partial charge in [-0.25, -0.2) is 4.68 Å². The summed E-state index contributed by atoms with van der Waals surface area (Å²) in [6.45, 7) is 4.71. The number of aromatic nitrogens is 2. The molecule has 4 rings (SSSR count). The highest BCUT2D eigenvalue weighted by molar-refractivity contribution is 6.32. The number of hydrogen-bond acceptors (Lipinski definition) is 3. The van der Waals surface area contributed by atoms with Gasteiger partial charge < -0.3 is 10.1 Å². The zero-order valence-electron chi connectivity index (χ0n) is 18.0. The van der Waals surface area contributed by atoms with E-state index >= 15 is 0 Å². The van der Waals surface area contributed by atoms with Crippen LogP contribution in [0, 0.1) is 13.8 Å². The molecule has 1 N–H and O–H groups in total. The number of rotatable bonds is 7. The Morgan fingerprint density at radius 1 is 1.00 bits per heavy atom. The molecule has 1 heterocycles. The van der Waals surface area contributed by atoms with E-state index in [0.717, 1.165) is 28.2 Å². The molecular weight excluding hydrogens is 422 g/mol. The van der Waals surface area contributed by atoms with E-state index in [4.69, 9.17) is 16.3 Å². The number of ether oxygens (including phenoxy) is 1. The number of aryl methyl sites for hydroxylation is 1. The number of amides is 1. The smallest absolute Gasteiger partial charge is 0.251 e. The van der Waals surface area contributed by atoms with E-state index < -0.39 is 0 Å². The summed E-state index contributed by atoms with van der Waals surface area (Å²) >= 11 is 6.14. The molecule has 32 heavy (non-hydrogen) atoms. The van der Waals surface area contributed by atoms with Gasteiger partial charge in [-0.2, -0.15) is 5.10 Å². The summed E-state index contributed by atoms with van der Waals surface area (Å²) in [5, 5.41) is 8.22. The van der Waals surface area contributed by atoms with Gasteiger partial charge in [-0.15, -0.1) is 0 Å². The zero-order valence-corrected chi connectivity index (χ0v) is 18.8. The number of carbonyl (C=O) groups is 1. The number of para-hydroxylation sites is 2. The first-order valence-electron chi connectivity index (χ1n) is 10.4. The molecule has 0 fully saturated rings. The molecule has 0 spiro atoms. The van der Waals surface area contributed by atoms with Gasteiger partial charge in [-0.3, -0.25) is 4.79 Å². The van der Waals surface area contributed by atoms with Crippen LogP contribution in [-0.4, -0.2) is 15.7 Å². The minimum absolute atomic E-state index is 0.143. The van der Waals surface area contributed by atoms with Gasteiger partial charge in [0.05, 0.1) is 16.4 Å². The lowest BCUT2D eigenvalue weighted by Crippen LogP contribution is -2.23. The predicted molar refractivity (Wildman–Crippen MR) is 126 cm³/mol. The fourth-order valence-corrected chi connectivity index (χ4v) is 3.74. The van der Waals surface area contributed by atoms with Crippen molar-refractivity contribution in [1.29, 1.82) is 0 Å². The maximum Gasteiger partial charge on any atom is 0.251 e. The van der Waals surface area contributed by atoms with Crippen LogP contribution in [0.2, 0.25) is 5.02 Å². The highest BCUT2D eigenvalue weighted by atomic mass is 35.5. The van der Waals surface area contributed by atoms with Crippen molar-refractivity contribution in [3.63, 3.8) is 0 Å². The summed E-state index contributed by atoms with van der Waals surface area (Å²) in [5.41, 5.74) is 5.39. The highest BCUT2D eigenvalue weighted by Crippen LogP contribution is 2.24. The molecule has 0 saturated heterocycles. The van der Waals surface area contributed by atoms with Crippen LogP contribution in [0.15, 0.2) is 78.9 Å². The number of hydrogen-bond donors (Lipinski definition) is 1. The Bertz CT molecular complexity index is 1240. The maximum absolute atomic E-state index is 12.8. The summed E-state index contributed by atoms with van der Waals surface area (Å²) in [6.07, 6.45) is 0. The Morgan fingerprint density at radius 3 is 2.53 bits per heavy atom. The summed E-state index contributed by atoms with van der Waals surface area (Å²) in [4.78, 5) is 12.8. The summed E-state index contributed by atoms with van der Waals surface area (Å²) in [7, 11) is 0. The highest BCUT2D eigenvalue weighted by Gasteiger charge is 2.14. The number of benzene rings is 3. The second-order valence-electron chi connectivity index (χ2n) is 7.50. The Balaban J connectivity index is 1.42. The molecule has 0 bridgehead atoms. The van der Waals surface area contributed by atoms with Crippen molar-refractivity contribution in [2.24, 2.45) is 0 Å². The van der Waals surface area contributed by atoms with Crippen LogP contribution >= 0.6 is 11.6 Å². The van der Waals surface area contributed by atoms with Gasteiger partial charge in [-0.1, -0.05) is 54.1 Å². The minimum atomic E-state index is -0.143. The van der Waals surface area contributed by atoms with Crippen LogP contribution in [-0.2, 0) is 13.2 Å². The van der Waals surface area contributed by atoms with Crippen molar-refractivity contribution >= 4 is 17.5 Å². The summed E-state index contributed by atoms with van der Waals surface area (Å²) in [6, 6.07) is 24.7. The van der Waals surface area contributed by atoms with E-state index in [2.05, 4.69) is 10.4 Å². The predicted octanol–water partition coefficient (Wildman–Crippen LogP) is 5.65. The first-order chi connectivity index (χ1) is 15.5. The molecule has 0 unspecified atom stereocenters. The summed E-state index contributed by atoms with van der Waals surface area (Å²) in [5.74, 6) is 0.473. The van der Waals surface area contributed by atoms with Gasteiger partial charge in [0.1, 0.15) is 12.4 Å². The Kier molecular flexibility index (Phi) is 6.57. The molecule has 1 aromatic heterocycles. The first kappa shape index (κ1) is 21.7. The Labute approximate surface area is 192 Å². The lowest BCUT2D eigenvalue weighted by Gasteiger charge is -2.10. The zero-order chi connectivity index (χ0) is 22.5. The van der Waals surface area contributed by atoms with Crippen LogP contribution in [0.5, 0.6) is 5.75 Å². The van der Waals surface area contributed by atoms with Crippen LogP contribution in [0.1, 0.15) is 32.9 Å². The lowest BCUT2D eigenvalue weighted by molar-refractivity contribution is 0.0950. The topological polar surface area (TPSA) is 56.2 Å². The monoisotopic (exact) mass is 445 g/mol. The molecule has 4 aromatic rings. The Morgan fingerprint density at radius 2 is 1.75 bits per heavy atom. The van der Waals surface area contributed by atoms with E-state index in [-0.39, 0.29) is 5.91 Å². The average Bonchev–Trinajstić information content (AvgIpc) is 3.11. The number of nitrogens with zero attached hydrogens (tertiary/aromatic N) is 2. The molecule has 0 radical (unpaired) electrons. The molecule has 6 heteroatoms. The van der Waals surface area contributed by atoms with Crippen molar-refractivity contribution < 1.29 is 9.53 Å². The third-order valence-electron chi connectivity index (χ3n) is 5.29. The third-order valence-corrected chi connectivity index (χ3v) is 5.60. The van der Waals surface area contributed by atoms with Gasteiger partial charge in [0.25, 0.3) is 5.91 Å². The number of halogens is 1. The van der Waals surface area contributed by atoms with Crippen LogP contribution < -0.4 is 10.1 Å². The molecule has 0 aliphatic rings. The second kappa shape index (κ2) is 9.71. The van der Waals surface area contributed by atoms with Gasteiger partial charge >= 0.3 is 0 Å². The largest absolute Gasteiger partial charge is 0.487 e. The van der Waals surface area contributed by atoms with Crippen LogP contribution in [0.3, 0.4) is 0 Å². The molecule has 0 aliphatic heterocycles.